The van der Waals surface area contributed by atoms with Gasteiger partial charge in [-0.15, -0.1) is 0 Å². The zero-order valence-corrected chi connectivity index (χ0v) is 14.9. The Morgan fingerprint density at radius 3 is 2.62 bits per heavy atom. The number of nitrogens with zero attached hydrogens (tertiary/aromatic N) is 2. The maximum absolute atomic E-state index is 6.10. The van der Waals surface area contributed by atoms with Crippen molar-refractivity contribution in [1.29, 1.82) is 0 Å². The lowest BCUT2D eigenvalue weighted by atomic mass is 9.96. The Morgan fingerprint density at radius 1 is 1.24 bits per heavy atom. The first-order valence-electron chi connectivity index (χ1n) is 7.53. The molecule has 1 atom stereocenters. The summed E-state index contributed by atoms with van der Waals surface area (Å²) in [6.07, 6.45) is 5.27. The number of halogens is 2. The summed E-state index contributed by atoms with van der Waals surface area (Å²) in [5, 5.41) is 6.45. The summed E-state index contributed by atoms with van der Waals surface area (Å²) in [6, 6.07) is 10.8. The lowest BCUT2D eigenvalue weighted by Gasteiger charge is -2.15. The minimum atomic E-state index is 0.397. The van der Waals surface area contributed by atoms with E-state index in [4.69, 9.17) is 16.7 Å². The van der Waals surface area contributed by atoms with Crippen molar-refractivity contribution in [3.8, 4) is 0 Å². The quantitative estimate of drug-likeness (QED) is 0.579. The molecule has 0 aliphatic carbocycles. The summed E-state index contributed by atoms with van der Waals surface area (Å²) in [5.74, 6) is 0.397. The molecular formula is C17H22BrClN2. The van der Waals surface area contributed by atoms with Crippen molar-refractivity contribution < 1.29 is 0 Å². The molecule has 1 unspecified atom stereocenters. The highest BCUT2D eigenvalue weighted by Crippen LogP contribution is 2.25. The molecule has 0 N–H and O–H groups in total. The van der Waals surface area contributed by atoms with Gasteiger partial charge in [0.25, 0.3) is 0 Å². The Labute approximate surface area is 140 Å². The molecule has 0 saturated heterocycles. The normalized spacial score (nSPS) is 12.8. The molecule has 0 aliphatic rings. The molecule has 0 spiro atoms. The van der Waals surface area contributed by atoms with E-state index in [1.54, 1.807) is 0 Å². The van der Waals surface area contributed by atoms with Gasteiger partial charge in [-0.1, -0.05) is 53.5 Å². The first-order chi connectivity index (χ1) is 10.2. The van der Waals surface area contributed by atoms with Crippen LogP contribution in [0.4, 0.5) is 0 Å². The van der Waals surface area contributed by atoms with E-state index in [2.05, 4.69) is 52.8 Å². The third kappa shape index (κ3) is 4.33. The van der Waals surface area contributed by atoms with Gasteiger partial charge in [0.15, 0.2) is 0 Å². The fourth-order valence-electron chi connectivity index (χ4n) is 2.63. The van der Waals surface area contributed by atoms with Gasteiger partial charge < -0.3 is 0 Å². The molecule has 2 nitrogen and oxygen atoms in total. The second-order valence-corrected chi connectivity index (χ2v) is 6.45. The van der Waals surface area contributed by atoms with Crippen molar-refractivity contribution >= 4 is 27.5 Å². The van der Waals surface area contributed by atoms with Crippen molar-refractivity contribution in [3.63, 3.8) is 0 Å². The topological polar surface area (TPSA) is 17.8 Å². The minimum Gasteiger partial charge on any atom is -0.269 e. The van der Waals surface area contributed by atoms with Gasteiger partial charge in [0, 0.05) is 16.5 Å². The highest BCUT2D eigenvalue weighted by molar-refractivity contribution is 9.09. The predicted octanol–water partition coefficient (Wildman–Crippen LogP) is 5.62. The molecule has 0 saturated carbocycles. The van der Waals surface area contributed by atoms with Crippen LogP contribution in [0, 0.1) is 0 Å². The fraction of sp³-hybridized carbons (Fsp3) is 0.471. The molecule has 2 rings (SSSR count). The second kappa shape index (κ2) is 8.00. The van der Waals surface area contributed by atoms with Gasteiger partial charge in [-0.05, 0) is 48.9 Å². The second-order valence-electron chi connectivity index (χ2n) is 5.37. The third-order valence-electron chi connectivity index (χ3n) is 3.94. The lowest BCUT2D eigenvalue weighted by Crippen LogP contribution is -2.09. The lowest BCUT2D eigenvalue weighted by molar-refractivity contribution is 0.424. The molecule has 1 aromatic carbocycles. The van der Waals surface area contributed by atoms with Crippen LogP contribution in [0.3, 0.4) is 0 Å². The molecule has 0 bridgehead atoms. The molecule has 0 fully saturated rings. The Kier molecular flexibility index (Phi) is 6.31. The van der Waals surface area contributed by atoms with Crippen molar-refractivity contribution in [1.82, 2.24) is 9.78 Å². The average Bonchev–Trinajstić information content (AvgIpc) is 2.94. The SMILES string of the molecule is CCC(CC)n1ccc(CC(CBr)c2cccc(Cl)c2)n1. The van der Waals surface area contributed by atoms with Gasteiger partial charge in [-0.25, -0.2) is 0 Å². The maximum atomic E-state index is 6.10. The summed E-state index contributed by atoms with van der Waals surface area (Å²) in [4.78, 5) is 0. The maximum Gasteiger partial charge on any atom is 0.0631 e. The molecule has 21 heavy (non-hydrogen) atoms. The van der Waals surface area contributed by atoms with Crippen LogP contribution in [-0.4, -0.2) is 15.1 Å². The highest BCUT2D eigenvalue weighted by Gasteiger charge is 2.14. The van der Waals surface area contributed by atoms with Crippen molar-refractivity contribution in [2.75, 3.05) is 5.33 Å². The Balaban J connectivity index is 2.12. The molecule has 114 valence electrons. The third-order valence-corrected chi connectivity index (χ3v) is 4.96. The van der Waals surface area contributed by atoms with E-state index in [1.165, 1.54) is 5.56 Å². The summed E-state index contributed by atoms with van der Waals surface area (Å²) in [6.45, 7) is 4.42. The van der Waals surface area contributed by atoms with Crippen molar-refractivity contribution in [2.45, 2.75) is 45.1 Å². The number of hydrogen-bond donors (Lipinski definition) is 0. The van der Waals surface area contributed by atoms with Gasteiger partial charge in [0.1, 0.15) is 0 Å². The zero-order valence-electron chi connectivity index (χ0n) is 12.6. The van der Waals surface area contributed by atoms with Crippen LogP contribution < -0.4 is 0 Å². The molecule has 1 aromatic heterocycles. The van der Waals surface area contributed by atoms with Crippen LogP contribution in [0.2, 0.25) is 5.02 Å². The number of aromatic nitrogens is 2. The van der Waals surface area contributed by atoms with E-state index in [9.17, 15) is 0 Å². The van der Waals surface area contributed by atoms with Gasteiger partial charge in [-0.2, -0.15) is 5.10 Å². The molecular weight excluding hydrogens is 348 g/mol. The first kappa shape index (κ1) is 16.6. The van der Waals surface area contributed by atoms with Gasteiger partial charge >= 0.3 is 0 Å². The number of rotatable bonds is 7. The summed E-state index contributed by atoms with van der Waals surface area (Å²) >= 11 is 9.72. The molecule has 2 aromatic rings. The van der Waals surface area contributed by atoms with E-state index in [0.29, 0.717) is 12.0 Å². The zero-order chi connectivity index (χ0) is 15.2. The first-order valence-corrected chi connectivity index (χ1v) is 9.03. The van der Waals surface area contributed by atoms with Gasteiger partial charge in [-0.3, -0.25) is 4.68 Å². The van der Waals surface area contributed by atoms with E-state index in [1.807, 2.05) is 18.2 Å². The predicted molar refractivity (Wildman–Crippen MR) is 93.5 cm³/mol. The van der Waals surface area contributed by atoms with E-state index < -0.39 is 0 Å². The Hall–Kier alpha value is -0.800. The van der Waals surface area contributed by atoms with Crippen molar-refractivity contribution in [2.24, 2.45) is 0 Å². The molecule has 0 radical (unpaired) electrons. The standard InChI is InChI=1S/C17H22BrClN2/c1-3-17(4-2)21-9-8-16(20-21)11-14(12-18)13-6-5-7-15(19)10-13/h5-10,14,17H,3-4,11-12H2,1-2H3. The summed E-state index contributed by atoms with van der Waals surface area (Å²) in [7, 11) is 0. The number of benzene rings is 1. The molecule has 1 heterocycles. The van der Waals surface area contributed by atoms with Crippen LogP contribution in [-0.2, 0) is 6.42 Å². The molecule has 0 amide bonds. The Morgan fingerprint density at radius 2 is 2.00 bits per heavy atom. The monoisotopic (exact) mass is 368 g/mol. The molecule has 0 aliphatic heterocycles. The van der Waals surface area contributed by atoms with Crippen molar-refractivity contribution in [3.05, 3.63) is 52.8 Å². The fourth-order valence-corrected chi connectivity index (χ4v) is 3.43. The van der Waals surface area contributed by atoms with Crippen LogP contribution in [0.1, 0.15) is 49.9 Å². The van der Waals surface area contributed by atoms with E-state index in [0.717, 1.165) is 35.3 Å². The summed E-state index contributed by atoms with van der Waals surface area (Å²) in [5.41, 5.74) is 2.41. The molecule has 4 heteroatoms. The summed E-state index contributed by atoms with van der Waals surface area (Å²) < 4.78 is 2.11. The Bertz CT molecular complexity index is 563. The van der Waals surface area contributed by atoms with E-state index >= 15 is 0 Å². The minimum absolute atomic E-state index is 0.397. The van der Waals surface area contributed by atoms with Gasteiger partial charge in [0.05, 0.1) is 11.7 Å². The number of hydrogen-bond acceptors (Lipinski definition) is 1. The average molecular weight is 370 g/mol. The van der Waals surface area contributed by atoms with Crippen LogP contribution in [0.15, 0.2) is 36.5 Å². The van der Waals surface area contributed by atoms with Crippen LogP contribution in [0.5, 0.6) is 0 Å². The smallest absolute Gasteiger partial charge is 0.0631 e. The van der Waals surface area contributed by atoms with Gasteiger partial charge in [0.2, 0.25) is 0 Å². The van der Waals surface area contributed by atoms with Crippen LogP contribution in [0.25, 0.3) is 0 Å². The van der Waals surface area contributed by atoms with E-state index in [-0.39, 0.29) is 0 Å². The largest absolute Gasteiger partial charge is 0.269 e. The number of alkyl halides is 1. The highest BCUT2D eigenvalue weighted by atomic mass is 79.9. The van der Waals surface area contributed by atoms with Crippen LogP contribution >= 0.6 is 27.5 Å².